The van der Waals surface area contributed by atoms with Crippen molar-refractivity contribution in [1.82, 2.24) is 10.2 Å². The average molecular weight is 411 g/mol. The Morgan fingerprint density at radius 1 is 1.24 bits per heavy atom. The number of anilines is 1. The number of carbonyl (C=O) groups excluding carboxylic acids is 2. The monoisotopic (exact) mass is 411 g/mol. The summed E-state index contributed by atoms with van der Waals surface area (Å²) in [5.41, 5.74) is 0.366. The molecule has 2 aliphatic carbocycles. The van der Waals surface area contributed by atoms with Crippen molar-refractivity contribution in [1.29, 1.82) is 0 Å². The number of hydrogen-bond donors (Lipinski definition) is 2. The second-order valence-corrected chi connectivity index (χ2v) is 8.25. The quantitative estimate of drug-likeness (QED) is 0.776. The Morgan fingerprint density at radius 3 is 2.55 bits per heavy atom. The van der Waals surface area contributed by atoms with Gasteiger partial charge < -0.3 is 20.3 Å². The van der Waals surface area contributed by atoms with Crippen LogP contribution in [0.15, 0.2) is 24.3 Å². The Morgan fingerprint density at radius 2 is 1.93 bits per heavy atom. The number of fused-ring (bicyclic) bond motifs is 1. The van der Waals surface area contributed by atoms with E-state index in [0.29, 0.717) is 36.7 Å². The first-order valence-corrected chi connectivity index (χ1v) is 9.93. The molecular formula is C20H24F3N3O3. The molecule has 1 aromatic carbocycles. The van der Waals surface area contributed by atoms with Crippen molar-refractivity contribution in [2.24, 2.45) is 17.8 Å². The van der Waals surface area contributed by atoms with Gasteiger partial charge in [-0.3, -0.25) is 4.79 Å². The number of halogens is 3. The van der Waals surface area contributed by atoms with E-state index in [1.54, 1.807) is 0 Å². The van der Waals surface area contributed by atoms with Gasteiger partial charge >= 0.3 is 12.4 Å². The van der Waals surface area contributed by atoms with Crippen molar-refractivity contribution in [3.8, 4) is 5.75 Å². The summed E-state index contributed by atoms with van der Waals surface area (Å²) in [6.45, 7) is 2.63. The zero-order valence-electron chi connectivity index (χ0n) is 16.0. The second kappa shape index (κ2) is 7.42. The standard InChI is InChI=1S/C20H24F3N3O3/c1-11-8-17-15(9-18(27)26(17)13-4-5-13)16(11)10-24-19(28)25-12-2-6-14(7-3-12)29-20(21,22)23/h2-3,6-7,11,13,15-17H,4-5,8-10H2,1H3,(H2,24,25,28)/t11-,15-,16+,17+/m0/s1. The van der Waals surface area contributed by atoms with Crippen LogP contribution in [0.2, 0.25) is 0 Å². The fourth-order valence-electron chi connectivity index (χ4n) is 4.84. The predicted octanol–water partition coefficient (Wildman–Crippen LogP) is 3.74. The number of nitrogens with zero attached hydrogens (tertiary/aromatic N) is 1. The van der Waals surface area contributed by atoms with Gasteiger partial charge in [-0.1, -0.05) is 6.92 Å². The molecule has 1 saturated heterocycles. The van der Waals surface area contributed by atoms with Gasteiger partial charge in [-0.2, -0.15) is 0 Å². The van der Waals surface area contributed by atoms with Crippen molar-refractivity contribution in [2.75, 3.05) is 11.9 Å². The molecule has 0 unspecified atom stereocenters. The smallest absolute Gasteiger partial charge is 0.406 e. The van der Waals surface area contributed by atoms with E-state index >= 15 is 0 Å². The second-order valence-electron chi connectivity index (χ2n) is 8.25. The van der Waals surface area contributed by atoms with E-state index in [2.05, 4.69) is 27.2 Å². The van der Waals surface area contributed by atoms with E-state index in [4.69, 9.17) is 0 Å². The first-order valence-electron chi connectivity index (χ1n) is 9.93. The highest BCUT2D eigenvalue weighted by atomic mass is 19.4. The summed E-state index contributed by atoms with van der Waals surface area (Å²) in [6.07, 6.45) is -1.02. The van der Waals surface area contributed by atoms with Crippen LogP contribution in [0.3, 0.4) is 0 Å². The van der Waals surface area contributed by atoms with Gasteiger partial charge in [-0.25, -0.2) is 4.79 Å². The first kappa shape index (κ1) is 19.8. The molecule has 1 heterocycles. The Hall–Kier alpha value is -2.45. The van der Waals surface area contributed by atoms with Gasteiger partial charge in [-0.05, 0) is 61.3 Å². The highest BCUT2D eigenvalue weighted by Gasteiger charge is 2.53. The molecule has 3 aliphatic rings. The Bertz CT molecular complexity index is 779. The third-order valence-electron chi connectivity index (χ3n) is 6.23. The number of amides is 3. The molecule has 29 heavy (non-hydrogen) atoms. The fraction of sp³-hybridized carbons (Fsp3) is 0.600. The Kier molecular flexibility index (Phi) is 5.08. The van der Waals surface area contributed by atoms with E-state index in [0.717, 1.165) is 31.4 Å². The van der Waals surface area contributed by atoms with E-state index in [9.17, 15) is 22.8 Å². The molecule has 0 radical (unpaired) electrons. The van der Waals surface area contributed by atoms with Crippen LogP contribution in [0.25, 0.3) is 0 Å². The van der Waals surface area contributed by atoms with Crippen LogP contribution in [0.1, 0.15) is 32.6 Å². The molecule has 4 rings (SSSR count). The molecule has 2 N–H and O–H groups in total. The summed E-state index contributed by atoms with van der Waals surface area (Å²) in [7, 11) is 0. The number of rotatable bonds is 5. The summed E-state index contributed by atoms with van der Waals surface area (Å²) >= 11 is 0. The lowest BCUT2D eigenvalue weighted by molar-refractivity contribution is -0.274. The zero-order valence-corrected chi connectivity index (χ0v) is 16.0. The lowest BCUT2D eigenvalue weighted by Crippen LogP contribution is -2.37. The molecule has 3 amide bonds. The predicted molar refractivity (Wildman–Crippen MR) is 99.2 cm³/mol. The number of ether oxygens (including phenoxy) is 1. The van der Waals surface area contributed by atoms with Crippen LogP contribution in [-0.2, 0) is 4.79 Å². The van der Waals surface area contributed by atoms with Gasteiger partial charge in [-0.15, -0.1) is 13.2 Å². The highest BCUT2D eigenvalue weighted by Crippen LogP contribution is 2.49. The number of nitrogens with one attached hydrogen (secondary N) is 2. The van der Waals surface area contributed by atoms with Crippen LogP contribution in [-0.4, -0.2) is 41.8 Å². The summed E-state index contributed by atoms with van der Waals surface area (Å²) in [5.74, 6) is 0.821. The summed E-state index contributed by atoms with van der Waals surface area (Å²) in [4.78, 5) is 26.7. The number of hydrogen-bond acceptors (Lipinski definition) is 3. The van der Waals surface area contributed by atoms with Gasteiger partial charge in [0.15, 0.2) is 0 Å². The third-order valence-corrected chi connectivity index (χ3v) is 6.23. The molecule has 4 atom stereocenters. The van der Waals surface area contributed by atoms with Crippen LogP contribution in [0.4, 0.5) is 23.7 Å². The molecule has 9 heteroatoms. The van der Waals surface area contributed by atoms with Crippen molar-refractivity contribution in [2.45, 2.75) is 51.1 Å². The van der Waals surface area contributed by atoms with Gasteiger partial charge in [0.05, 0.1) is 0 Å². The molecule has 0 bridgehead atoms. The first-order chi connectivity index (χ1) is 13.7. The van der Waals surface area contributed by atoms with Gasteiger partial charge in [0.1, 0.15) is 5.75 Å². The van der Waals surface area contributed by atoms with Crippen molar-refractivity contribution in [3.63, 3.8) is 0 Å². The number of alkyl halides is 3. The third kappa shape index (κ3) is 4.43. The minimum absolute atomic E-state index is 0.237. The highest BCUT2D eigenvalue weighted by molar-refractivity contribution is 5.89. The molecular weight excluding hydrogens is 387 g/mol. The SMILES string of the molecule is C[C@H]1C[C@@H]2[C@@H](CC(=O)N2C2CC2)[C@@H]1CNC(=O)Nc1ccc(OC(F)(F)F)cc1. The number of benzene rings is 1. The van der Waals surface area contributed by atoms with E-state index in [1.807, 2.05) is 0 Å². The minimum Gasteiger partial charge on any atom is -0.406 e. The van der Waals surface area contributed by atoms with Crippen LogP contribution < -0.4 is 15.4 Å². The van der Waals surface area contributed by atoms with E-state index in [-0.39, 0.29) is 23.5 Å². The summed E-state index contributed by atoms with van der Waals surface area (Å²) in [5, 5.41) is 5.46. The van der Waals surface area contributed by atoms with Crippen molar-refractivity contribution >= 4 is 17.6 Å². The molecule has 0 aromatic heterocycles. The molecule has 158 valence electrons. The zero-order chi connectivity index (χ0) is 20.8. The maximum atomic E-state index is 12.4. The fourth-order valence-corrected chi connectivity index (χ4v) is 4.84. The summed E-state index contributed by atoms with van der Waals surface area (Å²) in [6, 6.07) is 5.27. The van der Waals surface area contributed by atoms with Gasteiger partial charge in [0.2, 0.25) is 5.91 Å². The molecule has 1 aliphatic heterocycles. The maximum absolute atomic E-state index is 12.4. The van der Waals surface area contributed by atoms with E-state index < -0.39 is 12.4 Å². The lowest BCUT2D eigenvalue weighted by Gasteiger charge is -2.24. The molecule has 0 spiro atoms. The van der Waals surface area contributed by atoms with Gasteiger partial charge in [0, 0.05) is 30.7 Å². The summed E-state index contributed by atoms with van der Waals surface area (Å²) < 4.78 is 40.4. The lowest BCUT2D eigenvalue weighted by atomic mass is 9.88. The number of likely N-dealkylation sites (tertiary alicyclic amines) is 1. The molecule has 1 aromatic rings. The number of carbonyl (C=O) groups is 2. The Balaban J connectivity index is 1.29. The maximum Gasteiger partial charge on any atom is 0.573 e. The molecule has 2 saturated carbocycles. The van der Waals surface area contributed by atoms with Gasteiger partial charge in [0.25, 0.3) is 0 Å². The largest absolute Gasteiger partial charge is 0.573 e. The average Bonchev–Trinajstić information content (AvgIpc) is 3.34. The van der Waals surface area contributed by atoms with E-state index in [1.165, 1.54) is 12.1 Å². The normalized spacial score (nSPS) is 29.0. The molecule has 3 fully saturated rings. The topological polar surface area (TPSA) is 70.7 Å². The van der Waals surface area contributed by atoms with Crippen LogP contribution in [0.5, 0.6) is 5.75 Å². The number of urea groups is 1. The Labute approximate surface area is 166 Å². The van der Waals surface area contributed by atoms with Crippen LogP contribution in [0, 0.1) is 17.8 Å². The minimum atomic E-state index is -4.75. The molecule has 6 nitrogen and oxygen atoms in total. The van der Waals surface area contributed by atoms with Crippen molar-refractivity contribution in [3.05, 3.63) is 24.3 Å². The van der Waals surface area contributed by atoms with Crippen molar-refractivity contribution < 1.29 is 27.5 Å². The van der Waals surface area contributed by atoms with Crippen LogP contribution >= 0.6 is 0 Å².